The SMILES string of the molecule is CCN1C[C@]2(COC)[C@H](O)C[C@H](OC)[C@]34C1[C@H]([C@H](OC)[C@H]23)[C@@]1(O)C[C@H](OC)[C@]2(O)C[C@@H]4[C@@H]1C(O)O2. The highest BCUT2D eigenvalue weighted by atomic mass is 16.7. The lowest BCUT2D eigenvalue weighted by Gasteiger charge is -2.71. The van der Waals surface area contributed by atoms with Gasteiger partial charge in [-0.1, -0.05) is 6.92 Å². The molecule has 14 atom stereocenters. The molecule has 200 valence electrons. The van der Waals surface area contributed by atoms with Gasteiger partial charge in [-0.3, -0.25) is 4.90 Å². The molecule has 4 aliphatic carbocycles. The van der Waals surface area contributed by atoms with Gasteiger partial charge in [0.05, 0.1) is 30.5 Å². The summed E-state index contributed by atoms with van der Waals surface area (Å²) >= 11 is 0. The zero-order valence-electron chi connectivity index (χ0n) is 21.3. The zero-order valence-corrected chi connectivity index (χ0v) is 21.3. The van der Waals surface area contributed by atoms with Crippen LogP contribution in [0.1, 0.15) is 26.2 Å². The molecule has 0 amide bonds. The predicted molar refractivity (Wildman–Crippen MR) is 121 cm³/mol. The normalized spacial score (nSPS) is 60.6. The van der Waals surface area contributed by atoms with Crippen LogP contribution in [0.3, 0.4) is 0 Å². The van der Waals surface area contributed by atoms with Crippen molar-refractivity contribution in [2.75, 3.05) is 48.1 Å². The van der Waals surface area contributed by atoms with E-state index in [0.717, 1.165) is 0 Å². The van der Waals surface area contributed by atoms with Gasteiger partial charge in [-0.05, 0) is 12.5 Å². The average molecular weight is 500 g/mol. The number of ether oxygens (including phenoxy) is 5. The van der Waals surface area contributed by atoms with Crippen LogP contribution < -0.4 is 0 Å². The summed E-state index contributed by atoms with van der Waals surface area (Å²) in [7, 11) is 6.51. The first-order valence-electron chi connectivity index (χ1n) is 12.9. The van der Waals surface area contributed by atoms with E-state index in [1.54, 1.807) is 21.3 Å². The van der Waals surface area contributed by atoms with Crippen molar-refractivity contribution in [1.82, 2.24) is 4.90 Å². The highest BCUT2D eigenvalue weighted by Gasteiger charge is 2.87. The minimum Gasteiger partial charge on any atom is -0.392 e. The van der Waals surface area contributed by atoms with E-state index < -0.39 is 58.7 Å². The molecule has 0 aromatic carbocycles. The lowest BCUT2D eigenvalue weighted by atomic mass is 9.41. The summed E-state index contributed by atoms with van der Waals surface area (Å²) in [6.07, 6.45) is -2.90. The second-order valence-electron chi connectivity index (χ2n) is 12.0. The number of piperidine rings is 1. The highest BCUT2D eigenvalue weighted by Crippen LogP contribution is 2.78. The fourth-order valence-corrected chi connectivity index (χ4v) is 10.6. The molecule has 1 spiro atoms. The fourth-order valence-electron chi connectivity index (χ4n) is 10.6. The van der Waals surface area contributed by atoms with E-state index in [4.69, 9.17) is 23.7 Å². The summed E-state index contributed by atoms with van der Waals surface area (Å²) in [5, 5.41) is 47.4. The molecule has 35 heavy (non-hydrogen) atoms. The molecular weight excluding hydrogens is 458 g/mol. The fraction of sp³-hybridized carbons (Fsp3) is 1.00. The molecule has 10 nitrogen and oxygen atoms in total. The maximum atomic E-state index is 12.7. The molecular formula is C25H41NO9. The summed E-state index contributed by atoms with van der Waals surface area (Å²) in [4.78, 5) is 2.36. The van der Waals surface area contributed by atoms with Crippen LogP contribution in [0.15, 0.2) is 0 Å². The van der Waals surface area contributed by atoms with Crippen molar-refractivity contribution >= 4 is 0 Å². The van der Waals surface area contributed by atoms with Crippen LogP contribution in [-0.4, -0.2) is 122 Å². The van der Waals surface area contributed by atoms with E-state index in [-0.39, 0.29) is 36.8 Å². The van der Waals surface area contributed by atoms with Crippen molar-refractivity contribution in [2.45, 2.75) is 74.3 Å². The van der Waals surface area contributed by atoms with Gasteiger partial charge < -0.3 is 44.1 Å². The number of nitrogens with zero attached hydrogens (tertiary/aromatic N) is 1. The van der Waals surface area contributed by atoms with E-state index in [0.29, 0.717) is 26.1 Å². The Hall–Kier alpha value is -0.400. The maximum absolute atomic E-state index is 12.7. The first kappa shape index (κ1) is 24.9. The Morgan fingerprint density at radius 1 is 0.971 bits per heavy atom. The number of likely N-dealkylation sites (tertiary alicyclic amines) is 1. The molecule has 3 aliphatic heterocycles. The second kappa shape index (κ2) is 7.81. The molecule has 7 aliphatic rings. The Labute approximate surface area is 206 Å². The molecule has 7 rings (SSSR count). The maximum Gasteiger partial charge on any atom is 0.195 e. The number of fused-ring (bicyclic) bond motifs is 2. The molecule has 3 heterocycles. The van der Waals surface area contributed by atoms with E-state index >= 15 is 0 Å². The van der Waals surface area contributed by atoms with Gasteiger partial charge in [-0.2, -0.15) is 0 Å². The minimum absolute atomic E-state index is 0.122. The Bertz CT molecular complexity index is 863. The molecule has 4 N–H and O–H groups in total. The number of rotatable bonds is 6. The van der Waals surface area contributed by atoms with Gasteiger partial charge in [-0.15, -0.1) is 0 Å². The molecule has 7 fully saturated rings. The summed E-state index contributed by atoms with van der Waals surface area (Å²) in [5.41, 5.74) is -2.67. The number of aliphatic hydroxyl groups is 4. The Kier molecular flexibility index (Phi) is 5.56. The van der Waals surface area contributed by atoms with Gasteiger partial charge in [0.25, 0.3) is 0 Å². The van der Waals surface area contributed by atoms with E-state index in [2.05, 4.69) is 11.8 Å². The summed E-state index contributed by atoms with van der Waals surface area (Å²) in [6.45, 7) is 3.77. The summed E-state index contributed by atoms with van der Waals surface area (Å²) < 4.78 is 29.8. The van der Waals surface area contributed by atoms with Crippen molar-refractivity contribution in [3.8, 4) is 0 Å². The largest absolute Gasteiger partial charge is 0.392 e. The Balaban J connectivity index is 1.68. The molecule has 0 aromatic rings. The van der Waals surface area contributed by atoms with E-state index in [1.807, 2.05) is 0 Å². The topological polar surface area (TPSA) is 130 Å². The molecule has 0 aromatic heterocycles. The third kappa shape index (κ3) is 2.60. The van der Waals surface area contributed by atoms with Crippen LogP contribution in [-0.2, 0) is 23.7 Å². The zero-order chi connectivity index (χ0) is 25.1. The first-order chi connectivity index (χ1) is 16.6. The number of hydrogen-bond acceptors (Lipinski definition) is 10. The Morgan fingerprint density at radius 3 is 2.29 bits per heavy atom. The molecule has 9 bridgehead atoms. The van der Waals surface area contributed by atoms with Crippen molar-refractivity contribution < 1.29 is 44.1 Å². The minimum atomic E-state index is -1.74. The number of hydrogen-bond donors (Lipinski definition) is 4. The molecule has 10 heteroatoms. The van der Waals surface area contributed by atoms with E-state index in [1.165, 1.54) is 7.11 Å². The third-order valence-electron chi connectivity index (χ3n) is 11.3. The smallest absolute Gasteiger partial charge is 0.195 e. The summed E-state index contributed by atoms with van der Waals surface area (Å²) in [6, 6.07) is -0.124. The lowest BCUT2D eigenvalue weighted by Crippen LogP contribution is -2.79. The lowest BCUT2D eigenvalue weighted by molar-refractivity contribution is -0.385. The quantitative estimate of drug-likeness (QED) is 0.368. The molecule has 2 unspecified atom stereocenters. The van der Waals surface area contributed by atoms with Crippen LogP contribution in [0.4, 0.5) is 0 Å². The van der Waals surface area contributed by atoms with Crippen LogP contribution in [0.5, 0.6) is 0 Å². The number of aliphatic hydroxyl groups excluding tert-OH is 2. The highest BCUT2D eigenvalue weighted by molar-refractivity contribution is 5.35. The van der Waals surface area contributed by atoms with Gasteiger partial charge in [0, 0.05) is 88.9 Å². The average Bonchev–Trinajstić information content (AvgIpc) is 2.91. The van der Waals surface area contributed by atoms with Gasteiger partial charge >= 0.3 is 0 Å². The molecule has 0 radical (unpaired) electrons. The molecule has 4 saturated carbocycles. The first-order valence-corrected chi connectivity index (χ1v) is 12.9. The standard InChI is InChI=1S/C25H41NO9/c1-6-26-10-22(11-31-2)13(27)7-14(32-3)25-12-8-24(30)15(33-4)9-23(29,16(12)21(28)35-24)17(20(25)26)18(34-5)19(22)25/h12-21,27-30H,6-11H2,1-5H3/t12-,13-,14+,15+,16-,17+,18+,19-,20?,21?,22+,23-,24+,25+/m1/s1. The van der Waals surface area contributed by atoms with Crippen molar-refractivity contribution in [3.05, 3.63) is 0 Å². The summed E-state index contributed by atoms with van der Waals surface area (Å²) in [5.74, 6) is -3.36. The van der Waals surface area contributed by atoms with Gasteiger partial charge in [-0.25, -0.2) is 0 Å². The van der Waals surface area contributed by atoms with Crippen molar-refractivity contribution in [3.63, 3.8) is 0 Å². The third-order valence-corrected chi connectivity index (χ3v) is 11.3. The van der Waals surface area contributed by atoms with Crippen LogP contribution in [0.2, 0.25) is 0 Å². The van der Waals surface area contributed by atoms with Crippen molar-refractivity contribution in [1.29, 1.82) is 0 Å². The monoisotopic (exact) mass is 499 g/mol. The molecule has 3 saturated heterocycles. The van der Waals surface area contributed by atoms with Gasteiger partial charge in [0.15, 0.2) is 12.1 Å². The van der Waals surface area contributed by atoms with Crippen LogP contribution in [0, 0.1) is 34.5 Å². The predicted octanol–water partition coefficient (Wildman–Crippen LogP) is -0.827. The van der Waals surface area contributed by atoms with Gasteiger partial charge in [0.1, 0.15) is 6.10 Å². The number of methoxy groups -OCH3 is 4. The van der Waals surface area contributed by atoms with Gasteiger partial charge in [0.2, 0.25) is 0 Å². The van der Waals surface area contributed by atoms with E-state index in [9.17, 15) is 20.4 Å². The van der Waals surface area contributed by atoms with Crippen LogP contribution in [0.25, 0.3) is 0 Å². The van der Waals surface area contributed by atoms with Crippen molar-refractivity contribution in [2.24, 2.45) is 34.5 Å². The van der Waals surface area contributed by atoms with Crippen LogP contribution >= 0.6 is 0 Å². The Morgan fingerprint density at radius 2 is 1.69 bits per heavy atom. The second-order valence-corrected chi connectivity index (χ2v) is 12.0.